The largest absolute Gasteiger partial charge is 0.489 e. The van der Waals surface area contributed by atoms with E-state index in [1.54, 1.807) is 12.1 Å². The molecule has 32 heavy (non-hydrogen) atoms. The number of hydrogen-bond acceptors (Lipinski definition) is 5. The molecule has 2 aliphatic rings. The number of nitrogens with zero attached hydrogens (tertiary/aromatic N) is 2. The van der Waals surface area contributed by atoms with Crippen LogP contribution in [0.25, 0.3) is 0 Å². The van der Waals surface area contributed by atoms with Crippen molar-refractivity contribution in [2.45, 2.75) is 25.9 Å². The van der Waals surface area contributed by atoms with Gasteiger partial charge in [0.1, 0.15) is 18.2 Å². The highest BCUT2D eigenvalue weighted by molar-refractivity contribution is 5.97. The van der Waals surface area contributed by atoms with Crippen molar-refractivity contribution in [2.24, 2.45) is 0 Å². The summed E-state index contributed by atoms with van der Waals surface area (Å²) >= 11 is 0. The van der Waals surface area contributed by atoms with E-state index in [0.29, 0.717) is 24.4 Å². The van der Waals surface area contributed by atoms with Gasteiger partial charge >= 0.3 is 5.97 Å². The Morgan fingerprint density at radius 1 is 1.09 bits per heavy atom. The van der Waals surface area contributed by atoms with Gasteiger partial charge in [0.05, 0.1) is 12.2 Å². The summed E-state index contributed by atoms with van der Waals surface area (Å²) in [4.78, 5) is 27.8. The summed E-state index contributed by atoms with van der Waals surface area (Å²) in [6.45, 7) is 4.80. The lowest BCUT2D eigenvalue weighted by Gasteiger charge is -2.29. The van der Waals surface area contributed by atoms with Crippen molar-refractivity contribution in [1.29, 1.82) is 0 Å². The number of rotatable bonds is 8. The average molecular weight is 442 g/mol. The zero-order chi connectivity index (χ0) is 22.5. The van der Waals surface area contributed by atoms with Crippen molar-refractivity contribution in [3.05, 3.63) is 58.9 Å². The number of piperazine rings is 1. The lowest BCUT2D eigenvalue weighted by molar-refractivity contribution is -0.137. The third kappa shape index (κ3) is 5.26. The van der Waals surface area contributed by atoms with Crippen LogP contribution in [0, 0.1) is 5.82 Å². The van der Waals surface area contributed by atoms with Gasteiger partial charge in [0.25, 0.3) is 0 Å². The van der Waals surface area contributed by atoms with Crippen LogP contribution in [-0.4, -0.2) is 61.2 Å². The quantitative estimate of drug-likeness (QED) is 0.654. The number of ether oxygens (including phenoxy) is 1. The van der Waals surface area contributed by atoms with Gasteiger partial charge in [-0.1, -0.05) is 24.3 Å². The molecule has 0 bridgehead atoms. The van der Waals surface area contributed by atoms with Gasteiger partial charge in [-0.05, 0) is 30.0 Å². The van der Waals surface area contributed by atoms with Crippen LogP contribution >= 0.6 is 0 Å². The van der Waals surface area contributed by atoms with Crippen molar-refractivity contribution in [3.8, 4) is 5.75 Å². The molecule has 2 aromatic rings. The highest BCUT2D eigenvalue weighted by atomic mass is 19.1. The summed E-state index contributed by atoms with van der Waals surface area (Å²) < 4.78 is 20.1. The average Bonchev–Trinajstić information content (AvgIpc) is 3.22. The fourth-order valence-corrected chi connectivity index (χ4v) is 4.27. The molecule has 0 spiro atoms. The number of carboxylic acid groups (broad SMARTS) is 1. The molecule has 2 aliphatic heterocycles. The summed E-state index contributed by atoms with van der Waals surface area (Å²) in [7, 11) is 0. The molecule has 1 amide bonds. The fraction of sp³-hybridized carbons (Fsp3) is 0.417. The number of para-hydroxylation sites is 1. The Hall–Kier alpha value is -2.97. The Morgan fingerprint density at radius 2 is 1.91 bits per heavy atom. The van der Waals surface area contributed by atoms with Gasteiger partial charge in [0.2, 0.25) is 5.91 Å². The lowest BCUT2D eigenvalue weighted by Crippen LogP contribution is -2.48. The number of carboxylic acids is 1. The zero-order valence-corrected chi connectivity index (χ0v) is 18.0. The summed E-state index contributed by atoms with van der Waals surface area (Å²) in [5.74, 6) is -0.976. The first-order chi connectivity index (χ1) is 15.5. The first-order valence-corrected chi connectivity index (χ1v) is 11.0. The Balaban J connectivity index is 1.43. The first-order valence-electron chi connectivity index (χ1n) is 11.0. The highest BCUT2D eigenvalue weighted by Gasteiger charge is 2.28. The molecule has 1 saturated heterocycles. The molecule has 7 nitrogen and oxygen atoms in total. The molecule has 0 radical (unpaired) electrons. The number of aliphatic carboxylic acids is 1. The van der Waals surface area contributed by atoms with Gasteiger partial charge in [-0.3, -0.25) is 14.5 Å². The van der Waals surface area contributed by atoms with Gasteiger partial charge in [-0.2, -0.15) is 0 Å². The molecule has 0 saturated carbocycles. The molecule has 170 valence electrons. The molecule has 8 heteroatoms. The Bertz CT molecular complexity index is 991. The molecule has 2 N–H and O–H groups in total. The molecule has 1 fully saturated rings. The maximum absolute atomic E-state index is 14.3. The number of benzene rings is 2. The third-order valence-electron chi connectivity index (χ3n) is 5.97. The summed E-state index contributed by atoms with van der Waals surface area (Å²) in [5, 5.41) is 12.1. The molecule has 0 atom stereocenters. The predicted octanol–water partition coefficient (Wildman–Crippen LogP) is 2.22. The molecular formula is C24H28FN3O4. The number of nitrogens with one attached hydrogen (secondary N) is 1. The molecule has 4 rings (SSSR count). The lowest BCUT2D eigenvalue weighted by atomic mass is 10.1. The SMILES string of the molecule is O=C(O)CCc1ccc(OCc2cccc3c2N(C(=O)CN2CCNCC2)CC3)cc1F. The maximum atomic E-state index is 14.3. The highest BCUT2D eigenvalue weighted by Crippen LogP contribution is 2.33. The predicted molar refractivity (Wildman–Crippen MR) is 118 cm³/mol. The molecular weight excluding hydrogens is 413 g/mol. The number of anilines is 1. The smallest absolute Gasteiger partial charge is 0.303 e. The summed E-state index contributed by atoms with van der Waals surface area (Å²) in [5.41, 5.74) is 3.27. The molecule has 0 unspecified atom stereocenters. The number of aryl methyl sites for hydroxylation is 1. The molecule has 0 aliphatic carbocycles. The van der Waals surface area contributed by atoms with E-state index in [1.165, 1.54) is 6.07 Å². The van der Waals surface area contributed by atoms with E-state index in [9.17, 15) is 14.0 Å². The van der Waals surface area contributed by atoms with Crippen molar-refractivity contribution in [3.63, 3.8) is 0 Å². The zero-order valence-electron chi connectivity index (χ0n) is 18.0. The second kappa shape index (κ2) is 10.1. The van der Waals surface area contributed by atoms with Crippen LogP contribution in [0.4, 0.5) is 10.1 Å². The molecule has 0 aromatic heterocycles. The second-order valence-corrected chi connectivity index (χ2v) is 8.18. The monoisotopic (exact) mass is 441 g/mol. The minimum Gasteiger partial charge on any atom is -0.489 e. The van der Waals surface area contributed by atoms with E-state index >= 15 is 0 Å². The van der Waals surface area contributed by atoms with E-state index in [1.807, 2.05) is 23.1 Å². The minimum absolute atomic E-state index is 0.0897. The van der Waals surface area contributed by atoms with Crippen LogP contribution in [0.15, 0.2) is 36.4 Å². The Kier molecular flexibility index (Phi) is 7.02. The summed E-state index contributed by atoms with van der Waals surface area (Å²) in [6, 6.07) is 10.4. The van der Waals surface area contributed by atoms with Crippen LogP contribution in [-0.2, 0) is 29.0 Å². The van der Waals surface area contributed by atoms with E-state index in [2.05, 4.69) is 10.2 Å². The van der Waals surface area contributed by atoms with Crippen molar-refractivity contribution >= 4 is 17.6 Å². The Labute approximate surface area is 186 Å². The number of carbonyl (C=O) groups is 2. The number of hydrogen-bond donors (Lipinski definition) is 2. The Morgan fingerprint density at radius 3 is 2.66 bits per heavy atom. The van der Waals surface area contributed by atoms with E-state index in [0.717, 1.165) is 49.4 Å². The van der Waals surface area contributed by atoms with Gasteiger partial charge in [0, 0.05) is 50.8 Å². The van der Waals surface area contributed by atoms with Crippen molar-refractivity contribution in [2.75, 3.05) is 44.2 Å². The van der Waals surface area contributed by atoms with E-state index < -0.39 is 11.8 Å². The number of carbonyl (C=O) groups excluding carboxylic acids is 1. The van der Waals surface area contributed by atoms with Gasteiger partial charge in [-0.15, -0.1) is 0 Å². The van der Waals surface area contributed by atoms with Crippen LogP contribution in [0.2, 0.25) is 0 Å². The van der Waals surface area contributed by atoms with Crippen molar-refractivity contribution < 1.29 is 23.8 Å². The van der Waals surface area contributed by atoms with Crippen LogP contribution < -0.4 is 15.0 Å². The molecule has 2 aromatic carbocycles. The standard InChI is InChI=1S/C24H28FN3O4/c25-21-14-20(6-4-17(21)5-7-23(30)31)32-16-19-3-1-2-18-8-11-28(24(18)19)22(29)15-27-12-9-26-10-13-27/h1-4,6,14,26H,5,7-13,15-16H2,(H,30,31). The van der Waals surface area contributed by atoms with Gasteiger partial charge < -0.3 is 20.1 Å². The second-order valence-electron chi connectivity index (χ2n) is 8.18. The summed E-state index contributed by atoms with van der Waals surface area (Å²) in [6.07, 6.45) is 0.826. The fourth-order valence-electron chi connectivity index (χ4n) is 4.27. The van der Waals surface area contributed by atoms with Crippen LogP contribution in [0.1, 0.15) is 23.1 Å². The number of fused-ring (bicyclic) bond motifs is 1. The topological polar surface area (TPSA) is 82.1 Å². The van der Waals surface area contributed by atoms with Crippen LogP contribution in [0.5, 0.6) is 5.75 Å². The third-order valence-corrected chi connectivity index (χ3v) is 5.97. The first kappa shape index (κ1) is 22.2. The van der Waals surface area contributed by atoms with Crippen LogP contribution in [0.3, 0.4) is 0 Å². The van der Waals surface area contributed by atoms with Gasteiger partial charge in [-0.25, -0.2) is 4.39 Å². The minimum atomic E-state index is -0.960. The maximum Gasteiger partial charge on any atom is 0.303 e. The number of amides is 1. The van der Waals surface area contributed by atoms with E-state index in [4.69, 9.17) is 9.84 Å². The van der Waals surface area contributed by atoms with Gasteiger partial charge in [0.15, 0.2) is 0 Å². The van der Waals surface area contributed by atoms with E-state index in [-0.39, 0.29) is 25.4 Å². The van der Waals surface area contributed by atoms with Crippen molar-refractivity contribution in [1.82, 2.24) is 10.2 Å². The normalized spacial score (nSPS) is 16.1. The number of halogens is 1. The molecule has 2 heterocycles.